The SMILES string of the molecule is Cc1[nH]ncc1-c1ccc(-c2cnc3c(c2)nnn3C2CC(C)(C)NC(C)(C)C2)c(O)c1. The van der Waals surface area contributed by atoms with E-state index in [2.05, 4.69) is 53.5 Å². The quantitative estimate of drug-likeness (QED) is 0.445. The second kappa shape index (κ2) is 7.13. The van der Waals surface area contributed by atoms with Crippen LogP contribution in [0, 0.1) is 6.92 Å². The fourth-order valence-corrected chi connectivity index (χ4v) is 5.25. The second-order valence-electron chi connectivity index (χ2n) is 10.2. The molecule has 1 aromatic carbocycles. The van der Waals surface area contributed by atoms with Crippen LogP contribution < -0.4 is 5.32 Å². The number of pyridine rings is 1. The third-order valence-corrected chi connectivity index (χ3v) is 6.28. The first-order valence-electron chi connectivity index (χ1n) is 11.0. The minimum Gasteiger partial charge on any atom is -0.507 e. The molecule has 0 bridgehead atoms. The summed E-state index contributed by atoms with van der Waals surface area (Å²) in [6, 6.07) is 7.81. The molecule has 4 heterocycles. The topological polar surface area (TPSA) is 105 Å². The molecule has 4 aromatic rings. The predicted octanol–water partition coefficient (Wildman–Crippen LogP) is 4.38. The Morgan fingerprint density at radius 2 is 1.75 bits per heavy atom. The highest BCUT2D eigenvalue weighted by atomic mass is 16.3. The number of phenols is 1. The number of rotatable bonds is 3. The minimum atomic E-state index is 0.00546. The lowest BCUT2D eigenvalue weighted by Crippen LogP contribution is -2.58. The Kier molecular flexibility index (Phi) is 4.60. The summed E-state index contributed by atoms with van der Waals surface area (Å²) in [6.07, 6.45) is 5.46. The number of aromatic hydroxyl groups is 1. The number of nitrogens with one attached hydrogen (secondary N) is 2. The lowest BCUT2D eigenvalue weighted by atomic mass is 9.79. The zero-order valence-corrected chi connectivity index (χ0v) is 19.1. The number of hydrogen-bond donors (Lipinski definition) is 3. The van der Waals surface area contributed by atoms with Crippen molar-refractivity contribution >= 4 is 11.2 Å². The van der Waals surface area contributed by atoms with E-state index in [0.717, 1.165) is 46.4 Å². The Labute approximate surface area is 187 Å². The molecule has 0 amide bonds. The van der Waals surface area contributed by atoms with Crippen LogP contribution in [-0.4, -0.2) is 46.4 Å². The number of hydrogen-bond acceptors (Lipinski definition) is 6. The monoisotopic (exact) mass is 431 g/mol. The van der Waals surface area contributed by atoms with Crippen molar-refractivity contribution in [2.45, 2.75) is 64.6 Å². The van der Waals surface area contributed by atoms with Gasteiger partial charge in [0.2, 0.25) is 0 Å². The van der Waals surface area contributed by atoms with Gasteiger partial charge in [-0.15, -0.1) is 5.10 Å². The molecule has 1 aliphatic rings. The lowest BCUT2D eigenvalue weighted by Gasteiger charge is -2.46. The molecule has 32 heavy (non-hydrogen) atoms. The Balaban J connectivity index is 1.49. The summed E-state index contributed by atoms with van der Waals surface area (Å²) >= 11 is 0. The van der Waals surface area contributed by atoms with Gasteiger partial charge in [0.25, 0.3) is 0 Å². The van der Waals surface area contributed by atoms with Gasteiger partial charge in [-0.2, -0.15) is 5.10 Å². The molecule has 0 aliphatic carbocycles. The fourth-order valence-electron chi connectivity index (χ4n) is 5.25. The number of benzene rings is 1. The zero-order chi connectivity index (χ0) is 22.7. The van der Waals surface area contributed by atoms with E-state index in [0.29, 0.717) is 5.56 Å². The Bertz CT molecular complexity index is 1280. The van der Waals surface area contributed by atoms with Crippen molar-refractivity contribution in [3.8, 4) is 28.0 Å². The van der Waals surface area contributed by atoms with Crippen LogP contribution in [0.15, 0.2) is 36.7 Å². The van der Waals surface area contributed by atoms with Crippen molar-refractivity contribution in [1.82, 2.24) is 35.5 Å². The number of fused-ring (bicyclic) bond motifs is 1. The molecule has 3 aromatic heterocycles. The van der Waals surface area contributed by atoms with Crippen molar-refractivity contribution in [1.29, 1.82) is 0 Å². The molecule has 8 heteroatoms. The molecule has 8 nitrogen and oxygen atoms in total. The van der Waals surface area contributed by atoms with Gasteiger partial charge < -0.3 is 10.4 Å². The van der Waals surface area contributed by atoms with Gasteiger partial charge in [0.1, 0.15) is 11.3 Å². The summed E-state index contributed by atoms with van der Waals surface area (Å²) < 4.78 is 1.97. The summed E-state index contributed by atoms with van der Waals surface area (Å²) in [5, 5.41) is 30.3. The molecule has 0 radical (unpaired) electrons. The van der Waals surface area contributed by atoms with Crippen LogP contribution in [0.25, 0.3) is 33.4 Å². The van der Waals surface area contributed by atoms with Gasteiger partial charge in [0.15, 0.2) is 5.65 Å². The Morgan fingerprint density at radius 1 is 1.00 bits per heavy atom. The van der Waals surface area contributed by atoms with Crippen LogP contribution in [-0.2, 0) is 0 Å². The molecular weight excluding hydrogens is 402 g/mol. The number of aryl methyl sites for hydroxylation is 1. The highest BCUT2D eigenvalue weighted by molar-refractivity contribution is 5.81. The highest BCUT2D eigenvalue weighted by Crippen LogP contribution is 2.38. The molecule has 1 aliphatic heterocycles. The predicted molar refractivity (Wildman–Crippen MR) is 124 cm³/mol. The largest absolute Gasteiger partial charge is 0.507 e. The molecule has 0 unspecified atom stereocenters. The van der Waals surface area contributed by atoms with Crippen LogP contribution in [0.3, 0.4) is 0 Å². The number of aromatic amines is 1. The van der Waals surface area contributed by atoms with Gasteiger partial charge in [0.05, 0.1) is 12.2 Å². The standard InChI is InChI=1S/C24H29N7O/c1-14-19(13-26-27-14)15-6-7-18(21(32)9-15)16-8-20-22(25-12-16)31(30-28-20)17-10-23(2,3)29-24(4,5)11-17/h6-9,12-13,17,29,32H,10-11H2,1-5H3,(H,26,27). The number of phenolic OH excluding ortho intramolecular Hbond substituents is 1. The van der Waals surface area contributed by atoms with Crippen LogP contribution in [0.2, 0.25) is 0 Å². The van der Waals surface area contributed by atoms with E-state index >= 15 is 0 Å². The van der Waals surface area contributed by atoms with E-state index in [9.17, 15) is 5.11 Å². The third-order valence-electron chi connectivity index (χ3n) is 6.28. The van der Waals surface area contributed by atoms with E-state index < -0.39 is 0 Å². The molecule has 0 atom stereocenters. The molecule has 0 spiro atoms. The maximum absolute atomic E-state index is 10.7. The molecule has 0 saturated carbocycles. The van der Waals surface area contributed by atoms with E-state index in [1.165, 1.54) is 0 Å². The van der Waals surface area contributed by atoms with Crippen molar-refractivity contribution in [2.24, 2.45) is 0 Å². The Morgan fingerprint density at radius 3 is 2.41 bits per heavy atom. The van der Waals surface area contributed by atoms with Crippen molar-refractivity contribution in [2.75, 3.05) is 0 Å². The van der Waals surface area contributed by atoms with Crippen LogP contribution in [0.1, 0.15) is 52.3 Å². The smallest absolute Gasteiger partial charge is 0.178 e. The van der Waals surface area contributed by atoms with Crippen molar-refractivity contribution < 1.29 is 5.11 Å². The van der Waals surface area contributed by atoms with Gasteiger partial charge in [-0.3, -0.25) is 5.10 Å². The van der Waals surface area contributed by atoms with E-state index in [-0.39, 0.29) is 22.9 Å². The number of piperidine rings is 1. The summed E-state index contributed by atoms with van der Waals surface area (Å²) in [6.45, 7) is 10.9. The number of nitrogens with zero attached hydrogens (tertiary/aromatic N) is 5. The van der Waals surface area contributed by atoms with Gasteiger partial charge in [-0.25, -0.2) is 9.67 Å². The maximum atomic E-state index is 10.7. The van der Waals surface area contributed by atoms with Crippen molar-refractivity contribution in [3.63, 3.8) is 0 Å². The molecule has 166 valence electrons. The van der Waals surface area contributed by atoms with E-state index in [1.54, 1.807) is 18.5 Å². The first-order chi connectivity index (χ1) is 15.1. The summed E-state index contributed by atoms with van der Waals surface area (Å²) in [5.74, 6) is 0.193. The van der Waals surface area contributed by atoms with E-state index in [4.69, 9.17) is 4.98 Å². The van der Waals surface area contributed by atoms with Crippen molar-refractivity contribution in [3.05, 3.63) is 42.4 Å². The number of aromatic nitrogens is 6. The summed E-state index contributed by atoms with van der Waals surface area (Å²) in [4.78, 5) is 4.71. The lowest BCUT2D eigenvalue weighted by molar-refractivity contribution is 0.127. The average Bonchev–Trinajstić information content (AvgIpc) is 3.31. The maximum Gasteiger partial charge on any atom is 0.178 e. The first-order valence-corrected chi connectivity index (χ1v) is 11.0. The van der Waals surface area contributed by atoms with Crippen LogP contribution in [0.5, 0.6) is 5.75 Å². The summed E-state index contributed by atoms with van der Waals surface area (Å²) in [7, 11) is 0. The Hall–Kier alpha value is -3.26. The summed E-state index contributed by atoms with van der Waals surface area (Å²) in [5.41, 5.74) is 5.87. The van der Waals surface area contributed by atoms with Gasteiger partial charge in [-0.05, 0) is 71.2 Å². The molecule has 5 rings (SSSR count). The first kappa shape index (κ1) is 20.6. The molecule has 1 saturated heterocycles. The van der Waals surface area contributed by atoms with E-state index in [1.807, 2.05) is 29.8 Å². The molecular formula is C24H29N7O. The third kappa shape index (κ3) is 3.64. The zero-order valence-electron chi connectivity index (χ0n) is 19.1. The number of H-pyrrole nitrogens is 1. The molecule has 1 fully saturated rings. The highest BCUT2D eigenvalue weighted by Gasteiger charge is 2.39. The van der Waals surface area contributed by atoms with Gasteiger partial charge in [0, 0.05) is 39.7 Å². The van der Waals surface area contributed by atoms with Crippen LogP contribution in [0.4, 0.5) is 0 Å². The van der Waals surface area contributed by atoms with Crippen LogP contribution >= 0.6 is 0 Å². The molecule has 3 N–H and O–H groups in total. The van der Waals surface area contributed by atoms with Gasteiger partial charge >= 0.3 is 0 Å². The minimum absolute atomic E-state index is 0.00546. The fraction of sp³-hybridized carbons (Fsp3) is 0.417. The normalized spacial score (nSPS) is 18.3. The average molecular weight is 432 g/mol. The second-order valence-corrected chi connectivity index (χ2v) is 10.2. The van der Waals surface area contributed by atoms with Gasteiger partial charge in [-0.1, -0.05) is 11.3 Å².